The first kappa shape index (κ1) is 10.6. The molecule has 2 rings (SSSR count). The van der Waals surface area contributed by atoms with E-state index >= 15 is 0 Å². The summed E-state index contributed by atoms with van der Waals surface area (Å²) in [6.45, 7) is 2.08. The zero-order valence-electron chi connectivity index (χ0n) is 9.25. The van der Waals surface area contributed by atoms with Crippen LogP contribution in [0, 0.1) is 0 Å². The van der Waals surface area contributed by atoms with Crippen LogP contribution in [-0.4, -0.2) is 11.2 Å². The SMILES string of the molecule is CC(/N=C/c1ccccn1)c1ccccc1. The fourth-order valence-corrected chi connectivity index (χ4v) is 1.46. The molecule has 1 atom stereocenters. The Labute approximate surface area is 95.7 Å². The Bertz CT molecular complexity index is 449. The predicted octanol–water partition coefficient (Wildman–Crippen LogP) is 3.26. The molecule has 0 aliphatic heterocycles. The van der Waals surface area contributed by atoms with E-state index in [4.69, 9.17) is 0 Å². The van der Waals surface area contributed by atoms with Gasteiger partial charge in [-0.05, 0) is 24.6 Å². The number of hydrogen-bond donors (Lipinski definition) is 0. The highest BCUT2D eigenvalue weighted by Gasteiger charge is 2.00. The molecule has 1 aromatic carbocycles. The smallest absolute Gasteiger partial charge is 0.0808 e. The minimum atomic E-state index is 0.170. The van der Waals surface area contributed by atoms with Gasteiger partial charge in [0.15, 0.2) is 0 Å². The van der Waals surface area contributed by atoms with Gasteiger partial charge < -0.3 is 0 Å². The molecule has 0 aliphatic carbocycles. The van der Waals surface area contributed by atoms with E-state index in [1.807, 2.05) is 42.6 Å². The van der Waals surface area contributed by atoms with E-state index < -0.39 is 0 Å². The zero-order valence-corrected chi connectivity index (χ0v) is 9.25. The van der Waals surface area contributed by atoms with E-state index in [-0.39, 0.29) is 6.04 Å². The largest absolute Gasteiger partial charge is 0.283 e. The number of hydrogen-bond acceptors (Lipinski definition) is 2. The molecule has 2 nitrogen and oxygen atoms in total. The van der Waals surface area contributed by atoms with Crippen LogP contribution < -0.4 is 0 Å². The molecule has 1 aromatic heterocycles. The van der Waals surface area contributed by atoms with Gasteiger partial charge in [-0.25, -0.2) is 0 Å². The van der Waals surface area contributed by atoms with Gasteiger partial charge in [-0.1, -0.05) is 36.4 Å². The fraction of sp³-hybridized carbons (Fsp3) is 0.143. The first-order valence-electron chi connectivity index (χ1n) is 5.35. The monoisotopic (exact) mass is 210 g/mol. The Hall–Kier alpha value is -1.96. The lowest BCUT2D eigenvalue weighted by Crippen LogP contribution is -1.91. The van der Waals surface area contributed by atoms with E-state index in [1.54, 1.807) is 6.20 Å². The van der Waals surface area contributed by atoms with Crippen LogP contribution in [0.25, 0.3) is 0 Å². The summed E-state index contributed by atoms with van der Waals surface area (Å²) >= 11 is 0. The van der Waals surface area contributed by atoms with Crippen molar-refractivity contribution in [3.63, 3.8) is 0 Å². The number of benzene rings is 1. The van der Waals surface area contributed by atoms with Crippen molar-refractivity contribution >= 4 is 6.21 Å². The van der Waals surface area contributed by atoms with Crippen molar-refractivity contribution in [3.05, 3.63) is 66.0 Å². The van der Waals surface area contributed by atoms with Crippen molar-refractivity contribution in [2.24, 2.45) is 4.99 Å². The second-order valence-corrected chi connectivity index (χ2v) is 3.62. The Morgan fingerprint density at radius 3 is 2.50 bits per heavy atom. The van der Waals surface area contributed by atoms with Crippen LogP contribution in [-0.2, 0) is 0 Å². The number of pyridine rings is 1. The van der Waals surface area contributed by atoms with Crippen LogP contribution >= 0.6 is 0 Å². The van der Waals surface area contributed by atoms with E-state index in [0.29, 0.717) is 0 Å². The zero-order chi connectivity index (χ0) is 11.2. The van der Waals surface area contributed by atoms with Crippen molar-refractivity contribution in [3.8, 4) is 0 Å². The number of nitrogens with zero attached hydrogens (tertiary/aromatic N) is 2. The van der Waals surface area contributed by atoms with Gasteiger partial charge in [0.1, 0.15) is 0 Å². The molecule has 0 amide bonds. The average molecular weight is 210 g/mol. The van der Waals surface area contributed by atoms with Crippen molar-refractivity contribution < 1.29 is 0 Å². The van der Waals surface area contributed by atoms with Crippen molar-refractivity contribution in [1.29, 1.82) is 0 Å². The molecule has 1 unspecified atom stereocenters. The highest BCUT2D eigenvalue weighted by molar-refractivity contribution is 5.76. The molecule has 0 aliphatic rings. The Morgan fingerprint density at radius 1 is 1.06 bits per heavy atom. The highest BCUT2D eigenvalue weighted by atomic mass is 14.8. The Morgan fingerprint density at radius 2 is 1.81 bits per heavy atom. The summed E-state index contributed by atoms with van der Waals surface area (Å²) in [7, 11) is 0. The predicted molar refractivity (Wildman–Crippen MR) is 66.7 cm³/mol. The van der Waals surface area contributed by atoms with Gasteiger partial charge in [-0.2, -0.15) is 0 Å². The molecule has 0 bridgehead atoms. The molecule has 0 saturated heterocycles. The van der Waals surface area contributed by atoms with Gasteiger partial charge in [0, 0.05) is 12.4 Å². The maximum atomic E-state index is 4.48. The van der Waals surface area contributed by atoms with Gasteiger partial charge in [0.25, 0.3) is 0 Å². The summed E-state index contributed by atoms with van der Waals surface area (Å²) in [5.41, 5.74) is 2.11. The van der Waals surface area contributed by atoms with Crippen molar-refractivity contribution in [2.75, 3.05) is 0 Å². The molecule has 1 heterocycles. The van der Waals surface area contributed by atoms with E-state index in [2.05, 4.69) is 29.0 Å². The Kier molecular flexibility index (Phi) is 3.44. The minimum Gasteiger partial charge on any atom is -0.283 e. The second kappa shape index (κ2) is 5.21. The summed E-state index contributed by atoms with van der Waals surface area (Å²) in [6, 6.07) is 16.2. The van der Waals surface area contributed by atoms with Crippen LogP contribution in [0.3, 0.4) is 0 Å². The van der Waals surface area contributed by atoms with Gasteiger partial charge in [-0.15, -0.1) is 0 Å². The first-order chi connectivity index (χ1) is 7.86. The van der Waals surface area contributed by atoms with Crippen LogP contribution in [0.2, 0.25) is 0 Å². The van der Waals surface area contributed by atoms with Crippen LogP contribution in [0.5, 0.6) is 0 Å². The second-order valence-electron chi connectivity index (χ2n) is 3.62. The third-order valence-corrected chi connectivity index (χ3v) is 2.40. The number of aromatic nitrogens is 1. The average Bonchev–Trinajstić information content (AvgIpc) is 2.38. The summed E-state index contributed by atoms with van der Waals surface area (Å²) in [6.07, 6.45) is 3.59. The molecule has 0 fully saturated rings. The standard InChI is InChI=1S/C14H14N2/c1-12(13-7-3-2-4-8-13)16-11-14-9-5-6-10-15-14/h2-12H,1H3/b16-11+. The first-order valence-corrected chi connectivity index (χ1v) is 5.35. The molecule has 0 saturated carbocycles. The lowest BCUT2D eigenvalue weighted by atomic mass is 10.1. The summed E-state index contributed by atoms with van der Waals surface area (Å²) < 4.78 is 0. The van der Waals surface area contributed by atoms with Crippen LogP contribution in [0.15, 0.2) is 59.7 Å². The molecular formula is C14H14N2. The fourth-order valence-electron chi connectivity index (χ4n) is 1.46. The quantitative estimate of drug-likeness (QED) is 0.714. The summed E-state index contributed by atoms with van der Waals surface area (Å²) in [5, 5.41) is 0. The third kappa shape index (κ3) is 2.76. The van der Waals surface area contributed by atoms with Crippen molar-refractivity contribution in [1.82, 2.24) is 4.98 Å². The molecule has 2 aromatic rings. The number of rotatable bonds is 3. The molecule has 16 heavy (non-hydrogen) atoms. The summed E-state index contributed by atoms with van der Waals surface area (Å²) in [4.78, 5) is 8.67. The normalized spacial score (nSPS) is 12.8. The molecule has 0 spiro atoms. The molecule has 80 valence electrons. The lowest BCUT2D eigenvalue weighted by Gasteiger charge is -2.05. The molecule has 0 N–H and O–H groups in total. The Balaban J connectivity index is 2.08. The minimum absolute atomic E-state index is 0.170. The topological polar surface area (TPSA) is 25.2 Å². The van der Waals surface area contributed by atoms with Crippen LogP contribution in [0.1, 0.15) is 24.2 Å². The lowest BCUT2D eigenvalue weighted by molar-refractivity contribution is 0.824. The van der Waals surface area contributed by atoms with E-state index in [0.717, 1.165) is 5.69 Å². The van der Waals surface area contributed by atoms with E-state index in [1.165, 1.54) is 5.56 Å². The van der Waals surface area contributed by atoms with E-state index in [9.17, 15) is 0 Å². The molecular weight excluding hydrogens is 196 g/mol. The van der Waals surface area contributed by atoms with Gasteiger partial charge in [0.2, 0.25) is 0 Å². The highest BCUT2D eigenvalue weighted by Crippen LogP contribution is 2.15. The van der Waals surface area contributed by atoms with Crippen LogP contribution in [0.4, 0.5) is 0 Å². The van der Waals surface area contributed by atoms with Gasteiger partial charge in [-0.3, -0.25) is 9.98 Å². The third-order valence-electron chi connectivity index (χ3n) is 2.40. The van der Waals surface area contributed by atoms with Gasteiger partial charge >= 0.3 is 0 Å². The summed E-state index contributed by atoms with van der Waals surface area (Å²) in [5.74, 6) is 0. The molecule has 2 heteroatoms. The maximum Gasteiger partial charge on any atom is 0.0808 e. The van der Waals surface area contributed by atoms with Gasteiger partial charge in [0.05, 0.1) is 11.7 Å². The maximum absolute atomic E-state index is 4.48. The van der Waals surface area contributed by atoms with Crippen molar-refractivity contribution in [2.45, 2.75) is 13.0 Å². The number of aliphatic imine (C=N–C) groups is 1. The molecule has 0 radical (unpaired) electrons.